The molecule has 0 heterocycles. The Labute approximate surface area is 240 Å². The number of nitrogens with one attached hydrogen (secondary N) is 1. The molecule has 5 N–H and O–H groups in total. The van der Waals surface area contributed by atoms with Crippen molar-refractivity contribution in [1.82, 2.24) is 5.32 Å². The van der Waals surface area contributed by atoms with Gasteiger partial charge in [0.2, 0.25) is 0 Å². The van der Waals surface area contributed by atoms with Gasteiger partial charge in [-0.3, -0.25) is 0 Å². The number of carboxylic acids is 3. The molecular weight excluding hydrogens is 584 g/mol. The molecule has 0 aliphatic heterocycles. The van der Waals surface area contributed by atoms with Crippen LogP contribution in [0.5, 0.6) is 0 Å². The molecule has 0 unspecified atom stereocenters. The van der Waals surface area contributed by atoms with Gasteiger partial charge in [-0.1, -0.05) is 90.9 Å². The molecule has 0 rings (SSSR count). The average molecular weight is 636 g/mol. The number of nitrogens with two attached hydrogens (primary N) is 2. The molecule has 0 saturated carbocycles. The Morgan fingerprint density at radius 2 is 0.735 bits per heavy atom. The van der Waals surface area contributed by atoms with Crippen LogP contribution in [0.25, 0.3) is 0 Å². The number of unbranched alkanes of at least 4 members (excludes halogenated alkanes) is 11. The third-order valence-corrected chi connectivity index (χ3v) is 3.60. The van der Waals surface area contributed by atoms with Crippen LogP contribution >= 0.6 is 0 Å². The summed E-state index contributed by atoms with van der Waals surface area (Å²) in [6, 6.07) is 0. The maximum absolute atomic E-state index is 8.89. The molecule has 1 radical (unpaired) electrons. The second-order valence-corrected chi connectivity index (χ2v) is 7.34. The summed E-state index contributed by atoms with van der Waals surface area (Å²) in [6.45, 7) is 10.6. The van der Waals surface area contributed by atoms with Crippen LogP contribution in [0, 0.1) is 39.9 Å². The predicted molar refractivity (Wildman–Crippen MR) is 130 cm³/mol. The summed E-state index contributed by atoms with van der Waals surface area (Å²) in [6.07, 6.45) is 17.4. The van der Waals surface area contributed by atoms with Gasteiger partial charge in [-0.2, -0.15) is 0 Å². The van der Waals surface area contributed by atoms with E-state index in [1.165, 1.54) is 77.0 Å². The summed E-state index contributed by atoms with van der Waals surface area (Å²) in [5.41, 5.74) is 10.3. The summed E-state index contributed by atoms with van der Waals surface area (Å²) in [4.78, 5) is 26.7. The van der Waals surface area contributed by atoms with E-state index in [-0.39, 0.29) is 39.9 Å². The minimum absolute atomic E-state index is 0. The van der Waals surface area contributed by atoms with Gasteiger partial charge in [-0.05, 0) is 20.8 Å². The molecule has 0 aliphatic carbocycles. The normalized spacial score (nSPS) is 8.56. The summed E-state index contributed by atoms with van der Waals surface area (Å²) >= 11 is 0. The van der Waals surface area contributed by atoms with E-state index in [0.717, 1.165) is 33.9 Å². The van der Waals surface area contributed by atoms with Crippen LogP contribution in [-0.4, -0.2) is 44.1 Å². The predicted octanol–water partition coefficient (Wildman–Crippen LogP) is 0.469. The fourth-order valence-corrected chi connectivity index (χ4v) is 2.24. The van der Waals surface area contributed by atoms with Crippen molar-refractivity contribution in [2.45, 2.75) is 112 Å². The Kier molecular flexibility index (Phi) is 68.5. The molecule has 9 nitrogen and oxygen atoms in total. The Balaban J connectivity index is -0.0000000821. The van der Waals surface area contributed by atoms with Crippen LogP contribution in [0.2, 0.25) is 0 Å². The first-order chi connectivity index (χ1) is 15.5. The van der Waals surface area contributed by atoms with Crippen molar-refractivity contribution in [1.29, 1.82) is 0 Å². The third kappa shape index (κ3) is 139. The van der Waals surface area contributed by atoms with Crippen LogP contribution in [-0.2, 0) is 14.4 Å². The molecule has 0 atom stereocenters. The Morgan fingerprint density at radius 3 is 0.882 bits per heavy atom. The molecule has 0 aliphatic rings. The van der Waals surface area contributed by atoms with Gasteiger partial charge < -0.3 is 46.5 Å². The van der Waals surface area contributed by atoms with E-state index >= 15 is 0 Å². The van der Waals surface area contributed by atoms with Gasteiger partial charge in [-0.15, -0.1) is 0 Å². The molecule has 10 heteroatoms. The Hall–Kier alpha value is -0.385. The van der Waals surface area contributed by atoms with Crippen LogP contribution < -0.4 is 32.1 Å². The van der Waals surface area contributed by atoms with Gasteiger partial charge in [0, 0.05) is 44.1 Å². The van der Waals surface area contributed by atoms with Crippen molar-refractivity contribution in [2.75, 3.05) is 26.2 Å². The molecule has 207 valence electrons. The van der Waals surface area contributed by atoms with Crippen LogP contribution in [0.4, 0.5) is 0 Å². The molecule has 0 aromatic heterocycles. The Morgan fingerprint density at radius 1 is 0.559 bits per heavy atom. The largest absolute Gasteiger partial charge is 3.00 e. The summed E-state index contributed by atoms with van der Waals surface area (Å²) < 4.78 is 0. The van der Waals surface area contributed by atoms with Gasteiger partial charge in [0.25, 0.3) is 0 Å². The molecule has 0 bridgehead atoms. The zero-order valence-electron chi connectivity index (χ0n) is 22.3. The van der Waals surface area contributed by atoms with Gasteiger partial charge in [0.05, 0.1) is 0 Å². The second-order valence-electron chi connectivity index (χ2n) is 7.34. The molecular formula is C24H52GdN3O6. The van der Waals surface area contributed by atoms with Crippen molar-refractivity contribution < 1.29 is 69.6 Å². The molecule has 0 fully saturated rings. The van der Waals surface area contributed by atoms with Crippen molar-refractivity contribution in [2.24, 2.45) is 11.5 Å². The fourth-order valence-electron chi connectivity index (χ4n) is 2.24. The van der Waals surface area contributed by atoms with Crippen molar-refractivity contribution in [3.05, 3.63) is 0 Å². The first kappa shape index (κ1) is 46.9. The van der Waals surface area contributed by atoms with Gasteiger partial charge in [0.15, 0.2) is 0 Å². The number of hydrogen-bond donors (Lipinski definition) is 3. The number of carbonyl (C=O) groups excluding carboxylic acids is 3. The van der Waals surface area contributed by atoms with Crippen LogP contribution in [0.15, 0.2) is 0 Å². The zero-order valence-corrected chi connectivity index (χ0v) is 24.5. The van der Waals surface area contributed by atoms with Gasteiger partial charge >= 0.3 is 39.9 Å². The minimum atomic E-state index is -1.08. The first-order valence-electron chi connectivity index (χ1n) is 12.2. The number of aliphatic carboxylic acids is 3. The number of hydrogen-bond acceptors (Lipinski definition) is 9. The number of rotatable bonds is 15. The minimum Gasteiger partial charge on any atom is -0.550 e. The fraction of sp³-hybridized carbons (Fsp3) is 0.875. The monoisotopic (exact) mass is 636 g/mol. The van der Waals surface area contributed by atoms with Crippen molar-refractivity contribution in [3.63, 3.8) is 0 Å². The molecule has 0 amide bonds. The number of carbonyl (C=O) groups is 3. The maximum atomic E-state index is 8.89. The molecule has 0 saturated heterocycles. The van der Waals surface area contributed by atoms with E-state index in [1.807, 2.05) is 0 Å². The van der Waals surface area contributed by atoms with E-state index in [1.54, 1.807) is 0 Å². The van der Waals surface area contributed by atoms with Crippen molar-refractivity contribution >= 4 is 17.9 Å². The van der Waals surface area contributed by atoms with E-state index in [9.17, 15) is 0 Å². The molecule has 0 aromatic rings. The molecule has 0 spiro atoms. The second kappa shape index (κ2) is 49.7. The van der Waals surface area contributed by atoms with E-state index in [2.05, 4.69) is 19.2 Å². The smallest absolute Gasteiger partial charge is 0.550 e. The van der Waals surface area contributed by atoms with E-state index in [0.29, 0.717) is 13.1 Å². The van der Waals surface area contributed by atoms with E-state index < -0.39 is 17.9 Å². The Bertz CT molecular complexity index is 333. The van der Waals surface area contributed by atoms with E-state index in [4.69, 9.17) is 41.2 Å². The van der Waals surface area contributed by atoms with Crippen LogP contribution in [0.3, 0.4) is 0 Å². The number of carboxylic acid groups (broad SMARTS) is 3. The summed E-state index contributed by atoms with van der Waals surface area (Å²) in [5, 5.41) is 29.7. The third-order valence-electron chi connectivity index (χ3n) is 3.60. The first-order valence-corrected chi connectivity index (χ1v) is 12.2. The van der Waals surface area contributed by atoms with Gasteiger partial charge in [-0.25, -0.2) is 0 Å². The van der Waals surface area contributed by atoms with Crippen LogP contribution in [0.1, 0.15) is 112 Å². The standard InChI is InChI=1S/C14H30.C4H13N3.3C2H4O2.Gd/c1-3-5-7-9-11-13-14-12-10-8-6-4-2;5-1-3-7-4-2-6;3*1-2(3)4;/h3-14H2,1-2H3;7H,1-6H2;3*1H3,(H,3,4);/q;;;;;+3/p-3. The summed E-state index contributed by atoms with van der Waals surface area (Å²) in [5.74, 6) is -3.25. The summed E-state index contributed by atoms with van der Waals surface area (Å²) in [7, 11) is 0. The topological polar surface area (TPSA) is 184 Å². The average Bonchev–Trinajstić information content (AvgIpc) is 2.69. The maximum Gasteiger partial charge on any atom is 3.00 e. The molecule has 34 heavy (non-hydrogen) atoms. The van der Waals surface area contributed by atoms with Crippen molar-refractivity contribution in [3.8, 4) is 0 Å². The molecule has 0 aromatic carbocycles. The SMILES string of the molecule is CC(=O)[O-].CC(=O)[O-].CC(=O)[O-].CCCCCCCCCCCCCC.NCCNCCN.[Gd+3]. The van der Waals surface area contributed by atoms with Gasteiger partial charge in [0.1, 0.15) is 0 Å². The zero-order chi connectivity index (χ0) is 26.8. The quantitative estimate of drug-likeness (QED) is 0.215.